The van der Waals surface area contributed by atoms with Gasteiger partial charge in [-0.3, -0.25) is 23.7 Å². The number of halogens is 2. The van der Waals surface area contributed by atoms with Crippen molar-refractivity contribution in [3.63, 3.8) is 0 Å². The van der Waals surface area contributed by atoms with Crippen molar-refractivity contribution in [1.82, 2.24) is 4.57 Å². The molecule has 43 heavy (non-hydrogen) atoms. The van der Waals surface area contributed by atoms with Gasteiger partial charge in [-0.15, -0.1) is 0 Å². The Morgan fingerprint density at radius 3 is 2.30 bits per heavy atom. The van der Waals surface area contributed by atoms with Crippen molar-refractivity contribution < 1.29 is 22.8 Å². The van der Waals surface area contributed by atoms with Crippen molar-refractivity contribution in [3.8, 4) is 0 Å². The van der Waals surface area contributed by atoms with Gasteiger partial charge in [0.15, 0.2) is 0 Å². The summed E-state index contributed by atoms with van der Waals surface area (Å²) in [5.41, 5.74) is 1.22. The number of nitrogens with two attached hydrogens (primary N) is 1. The van der Waals surface area contributed by atoms with E-state index in [2.05, 4.69) is 5.32 Å². The summed E-state index contributed by atoms with van der Waals surface area (Å²) in [6.45, 7) is -0.396. The number of benzene rings is 3. The number of fused-ring (bicyclic) bond motifs is 2. The summed E-state index contributed by atoms with van der Waals surface area (Å²) in [6, 6.07) is 18.8. The highest BCUT2D eigenvalue weighted by Crippen LogP contribution is 2.55. The fourth-order valence-electron chi connectivity index (χ4n) is 5.25. The van der Waals surface area contributed by atoms with Crippen LogP contribution in [0.2, 0.25) is 10.0 Å². The zero-order valence-corrected chi connectivity index (χ0v) is 25.7. The molecule has 0 unspecified atom stereocenters. The number of anilines is 2. The van der Waals surface area contributed by atoms with Crippen molar-refractivity contribution >= 4 is 85.4 Å². The number of thiazole rings is 1. The van der Waals surface area contributed by atoms with Gasteiger partial charge in [0.1, 0.15) is 11.8 Å². The maximum atomic E-state index is 13.9. The molecule has 1 fully saturated rings. The maximum Gasteiger partial charge on any atom is 0.308 e. The van der Waals surface area contributed by atoms with Crippen molar-refractivity contribution in [2.45, 2.75) is 27.6 Å². The van der Waals surface area contributed by atoms with Crippen LogP contribution in [0, 0.1) is 5.92 Å². The third kappa shape index (κ3) is 5.30. The van der Waals surface area contributed by atoms with Crippen molar-refractivity contribution in [2.75, 3.05) is 10.2 Å². The molecule has 4 aromatic rings. The zero-order valence-electron chi connectivity index (χ0n) is 21.8. The first-order valence-electron chi connectivity index (χ1n) is 12.7. The largest absolute Gasteiger partial charge is 0.325 e. The van der Waals surface area contributed by atoms with Gasteiger partial charge in [-0.25, -0.2) is 18.5 Å². The Morgan fingerprint density at radius 1 is 0.930 bits per heavy atom. The second kappa shape index (κ2) is 11.2. The Labute approximate surface area is 263 Å². The molecule has 3 aromatic carbocycles. The van der Waals surface area contributed by atoms with Gasteiger partial charge >= 0.3 is 4.87 Å². The number of carbonyl (C=O) groups excluding carboxylic acids is 3. The van der Waals surface area contributed by atoms with Gasteiger partial charge in [0.05, 0.1) is 31.6 Å². The predicted molar refractivity (Wildman–Crippen MR) is 165 cm³/mol. The number of hydrogen-bond acceptors (Lipinski definition) is 8. The van der Waals surface area contributed by atoms with Crippen LogP contribution in [-0.2, 0) is 31.0 Å². The number of rotatable bonds is 6. The van der Waals surface area contributed by atoms with Crippen molar-refractivity contribution in [2.24, 2.45) is 11.1 Å². The van der Waals surface area contributed by atoms with Crippen LogP contribution in [0.1, 0.15) is 16.4 Å². The molecule has 3 heterocycles. The lowest BCUT2D eigenvalue weighted by Gasteiger charge is -2.31. The summed E-state index contributed by atoms with van der Waals surface area (Å²) in [7, 11) is -3.91. The molecule has 0 bridgehead atoms. The van der Waals surface area contributed by atoms with Crippen molar-refractivity contribution in [3.05, 3.63) is 103 Å². The third-order valence-corrected chi connectivity index (χ3v) is 11.5. The van der Waals surface area contributed by atoms with Crippen LogP contribution >= 0.6 is 46.3 Å². The van der Waals surface area contributed by atoms with E-state index in [0.29, 0.717) is 26.8 Å². The van der Waals surface area contributed by atoms with E-state index in [9.17, 15) is 27.6 Å². The Balaban J connectivity index is 1.39. The fourth-order valence-corrected chi connectivity index (χ4v) is 8.96. The van der Waals surface area contributed by atoms with E-state index in [1.165, 1.54) is 28.8 Å². The highest BCUT2D eigenvalue weighted by molar-refractivity contribution is 8.00. The fraction of sp³-hybridized carbons (Fsp3) is 0.143. The lowest BCUT2D eigenvalue weighted by Crippen LogP contribution is -2.33. The van der Waals surface area contributed by atoms with E-state index in [1.807, 2.05) is 0 Å². The lowest BCUT2D eigenvalue weighted by molar-refractivity contribution is -0.122. The van der Waals surface area contributed by atoms with Crippen LogP contribution in [0.5, 0.6) is 0 Å². The highest BCUT2D eigenvalue weighted by atomic mass is 35.5. The minimum absolute atomic E-state index is 0.120. The molecule has 3 N–H and O–H groups in total. The Hall–Kier alpha value is -3.46. The molecule has 3 atom stereocenters. The molecular weight excluding hydrogens is 655 g/mol. The highest BCUT2D eigenvalue weighted by Gasteiger charge is 2.57. The molecule has 1 aromatic heterocycles. The summed E-state index contributed by atoms with van der Waals surface area (Å²) in [4.78, 5) is 55.1. The number of nitrogens with zero attached hydrogens (tertiary/aromatic N) is 2. The van der Waals surface area contributed by atoms with E-state index in [0.717, 1.165) is 28.0 Å². The van der Waals surface area contributed by atoms with Crippen LogP contribution in [0.4, 0.5) is 11.4 Å². The number of carbonyl (C=O) groups is 3. The third-order valence-electron chi connectivity index (χ3n) is 7.15. The number of amides is 3. The summed E-state index contributed by atoms with van der Waals surface area (Å²) < 4.78 is 24.3. The van der Waals surface area contributed by atoms with Crippen LogP contribution in [0.3, 0.4) is 0 Å². The smallest absolute Gasteiger partial charge is 0.308 e. The van der Waals surface area contributed by atoms with E-state index in [1.54, 1.807) is 48.5 Å². The SMILES string of the molecule is NS(=O)(=O)c1ccc(NC(=O)Cn2c3c(sc2=O)[C@@H](c2cccc(Cl)c2Cl)[C@@H]2C(=O)N(c4ccccc4)C(=O)[C@@H]2S3)cc1. The van der Waals surface area contributed by atoms with Gasteiger partial charge in [-0.2, -0.15) is 0 Å². The summed E-state index contributed by atoms with van der Waals surface area (Å²) >= 11 is 14.9. The number of sulfonamides is 1. The van der Waals surface area contributed by atoms with Gasteiger partial charge in [0.2, 0.25) is 27.7 Å². The average molecular weight is 676 g/mol. The molecule has 3 amide bonds. The van der Waals surface area contributed by atoms with E-state index >= 15 is 0 Å². The van der Waals surface area contributed by atoms with Crippen LogP contribution in [0.25, 0.3) is 0 Å². The number of hydrogen-bond donors (Lipinski definition) is 2. The summed E-state index contributed by atoms with van der Waals surface area (Å²) in [5.74, 6) is -3.08. The number of nitrogens with one attached hydrogen (secondary N) is 1. The first kappa shape index (κ1) is 29.6. The summed E-state index contributed by atoms with van der Waals surface area (Å²) in [5, 5.41) is 7.72. The zero-order chi connectivity index (χ0) is 30.6. The number of aromatic nitrogens is 1. The molecule has 2 aliphatic rings. The lowest BCUT2D eigenvalue weighted by atomic mass is 9.83. The van der Waals surface area contributed by atoms with E-state index in [-0.39, 0.29) is 14.9 Å². The second-order valence-electron chi connectivity index (χ2n) is 9.77. The standard InChI is InChI=1S/C28H20Cl2N4O6S3/c29-18-8-4-7-17(22(18)30)20-21-23(26(37)34(25(21)36)15-5-2-1-3-6-15)41-27-24(20)42-28(38)33(27)13-19(35)32-14-9-11-16(12-10-14)43(31,39)40/h1-12,20-21,23H,13H2,(H,32,35)(H2,31,39,40)/t20-,21-,23+/m0/s1. The monoisotopic (exact) mass is 674 g/mol. The Morgan fingerprint density at radius 2 is 1.63 bits per heavy atom. The molecular formula is C28H20Cl2N4O6S3. The molecule has 0 spiro atoms. The molecule has 220 valence electrons. The second-order valence-corrected chi connectivity index (χ2v) is 14.2. The molecule has 15 heteroatoms. The molecule has 10 nitrogen and oxygen atoms in total. The Bertz CT molecular complexity index is 1960. The van der Waals surface area contributed by atoms with Gasteiger partial charge < -0.3 is 5.32 Å². The van der Waals surface area contributed by atoms with Crippen LogP contribution in [-0.4, -0.2) is 36.0 Å². The molecule has 0 radical (unpaired) electrons. The topological polar surface area (TPSA) is 149 Å². The molecule has 0 aliphatic carbocycles. The van der Waals surface area contributed by atoms with Crippen LogP contribution < -0.4 is 20.2 Å². The van der Waals surface area contributed by atoms with Gasteiger partial charge in [-0.1, -0.05) is 76.6 Å². The van der Waals surface area contributed by atoms with Crippen LogP contribution in [0.15, 0.2) is 87.5 Å². The first-order valence-corrected chi connectivity index (χ1v) is 16.6. The van der Waals surface area contributed by atoms with Gasteiger partial charge in [-0.05, 0) is 48.0 Å². The minimum Gasteiger partial charge on any atom is -0.325 e. The van der Waals surface area contributed by atoms with Gasteiger partial charge in [0, 0.05) is 16.5 Å². The number of primary sulfonamides is 1. The number of imide groups is 1. The van der Waals surface area contributed by atoms with Gasteiger partial charge in [0.25, 0.3) is 0 Å². The number of thioether (sulfide) groups is 1. The summed E-state index contributed by atoms with van der Waals surface area (Å²) in [6.07, 6.45) is 0. The predicted octanol–water partition coefficient (Wildman–Crippen LogP) is 4.30. The Kier molecular flexibility index (Phi) is 7.73. The minimum atomic E-state index is -3.91. The molecule has 1 saturated heterocycles. The van der Waals surface area contributed by atoms with E-state index < -0.39 is 56.2 Å². The molecule has 6 rings (SSSR count). The normalized spacial score (nSPS) is 19.7. The molecule has 2 aliphatic heterocycles. The van der Waals surface area contributed by atoms with Crippen molar-refractivity contribution in [1.29, 1.82) is 0 Å². The average Bonchev–Trinajstić information content (AvgIpc) is 3.41. The quantitative estimate of drug-likeness (QED) is 0.290. The first-order chi connectivity index (χ1) is 20.5. The van der Waals surface area contributed by atoms with E-state index in [4.69, 9.17) is 28.3 Å². The molecule has 0 saturated carbocycles. The number of para-hydroxylation sites is 1. The maximum absolute atomic E-state index is 13.9.